The molecule has 4 nitrogen and oxygen atoms in total. The Morgan fingerprint density at radius 2 is 0.677 bits per heavy atom. The summed E-state index contributed by atoms with van der Waals surface area (Å²) >= 11 is 1.89. The van der Waals surface area contributed by atoms with Gasteiger partial charge in [0.05, 0.1) is 65.9 Å². The minimum Gasteiger partial charge on any atom is -0.308 e. The smallest absolute Gasteiger partial charge is 0.0789 e. The fraction of sp³-hybridized carbons (Fsp3) is 0. The molecule has 0 bridgehead atoms. The average Bonchev–Trinajstić information content (AvgIpc) is 4.17. The van der Waals surface area contributed by atoms with Gasteiger partial charge in [-0.05, 0) is 72.8 Å². The maximum Gasteiger partial charge on any atom is 0.0789 e. The van der Waals surface area contributed by atoms with Gasteiger partial charge in [-0.2, -0.15) is 0 Å². The predicted octanol–water partition coefficient (Wildman–Crippen LogP) is 16.4. The molecule has 0 amide bonds. The van der Waals surface area contributed by atoms with Crippen molar-refractivity contribution < 1.29 is 0 Å². The van der Waals surface area contributed by atoms with E-state index in [4.69, 9.17) is 0 Å². The molecule has 10 aromatic carbocycles. The standard InChI is InChI=1S/C60H36N4S/c1-2-17-37(18-3-1)61-46-25-9-4-19-38(46)41-33-34-42-39-20-5-10-26-47(39)64(59(42)58(41)61)51-30-14-13-29-50(51)62-48-27-11-6-22-44(48)56-52(62)35-36-53-57(56)45-23-7-12-28-49(45)63(53)54-31-16-24-43-40-21-8-15-32-55(40)65-60(43)54/h1-36H. The summed E-state index contributed by atoms with van der Waals surface area (Å²) in [7, 11) is 0. The fourth-order valence-corrected chi connectivity index (χ4v) is 12.6. The van der Waals surface area contributed by atoms with Crippen LogP contribution in [0, 0.1) is 0 Å². The minimum atomic E-state index is 1.12. The van der Waals surface area contributed by atoms with Crippen molar-refractivity contribution in [1.82, 2.24) is 18.3 Å². The molecule has 15 aromatic rings. The van der Waals surface area contributed by atoms with Gasteiger partial charge in [0.1, 0.15) is 0 Å². The second-order valence-corrected chi connectivity index (χ2v) is 18.3. The van der Waals surface area contributed by atoms with E-state index in [9.17, 15) is 0 Å². The van der Waals surface area contributed by atoms with Crippen LogP contribution in [0.1, 0.15) is 0 Å². The molecule has 0 spiro atoms. The monoisotopic (exact) mass is 844 g/mol. The highest BCUT2D eigenvalue weighted by molar-refractivity contribution is 7.26. The molecule has 0 radical (unpaired) electrons. The lowest BCUT2D eigenvalue weighted by Gasteiger charge is -2.18. The molecule has 0 aliphatic heterocycles. The Balaban J connectivity index is 1.07. The molecule has 15 rings (SSSR count). The van der Waals surface area contributed by atoms with Crippen LogP contribution in [0.5, 0.6) is 0 Å². The molecular formula is C60H36N4S. The number of fused-ring (bicyclic) bond motifs is 17. The molecule has 0 N–H and O–H groups in total. The van der Waals surface area contributed by atoms with E-state index in [1.165, 1.54) is 113 Å². The SMILES string of the molecule is c1ccc(-n2c3ccccc3c3ccc4c5ccccc5n(-c5ccccc5-n5c6ccccc6c6c7c8ccccc8n(-c8cccc9c8sc8ccccc89)c7ccc65)c4c32)cc1. The third-order valence-corrected chi connectivity index (χ3v) is 15.2. The number of para-hydroxylation sites is 7. The molecule has 0 atom stereocenters. The number of rotatable bonds is 4. The topological polar surface area (TPSA) is 19.7 Å². The van der Waals surface area contributed by atoms with Crippen molar-refractivity contribution >= 4 is 119 Å². The molecule has 0 aliphatic carbocycles. The molecule has 0 aliphatic rings. The van der Waals surface area contributed by atoms with Crippen LogP contribution in [0.4, 0.5) is 0 Å². The Morgan fingerprint density at radius 1 is 0.246 bits per heavy atom. The van der Waals surface area contributed by atoms with Gasteiger partial charge in [-0.1, -0.05) is 146 Å². The van der Waals surface area contributed by atoms with Crippen LogP contribution in [0.3, 0.4) is 0 Å². The van der Waals surface area contributed by atoms with Crippen LogP contribution in [0.15, 0.2) is 218 Å². The Morgan fingerprint density at radius 3 is 1.31 bits per heavy atom. The highest BCUT2D eigenvalue weighted by Gasteiger charge is 2.26. The molecular weight excluding hydrogens is 809 g/mol. The van der Waals surface area contributed by atoms with E-state index in [0.29, 0.717) is 0 Å². The first kappa shape index (κ1) is 35.1. The van der Waals surface area contributed by atoms with E-state index in [1.807, 2.05) is 11.3 Å². The van der Waals surface area contributed by atoms with Crippen molar-refractivity contribution in [2.75, 3.05) is 0 Å². The van der Waals surface area contributed by atoms with E-state index in [0.717, 1.165) is 17.1 Å². The van der Waals surface area contributed by atoms with Crippen LogP contribution < -0.4 is 0 Å². The Hall–Kier alpha value is -8.38. The van der Waals surface area contributed by atoms with E-state index in [2.05, 4.69) is 237 Å². The predicted molar refractivity (Wildman–Crippen MR) is 277 cm³/mol. The van der Waals surface area contributed by atoms with Crippen molar-refractivity contribution in [3.8, 4) is 22.7 Å². The highest BCUT2D eigenvalue weighted by Crippen LogP contribution is 2.47. The normalized spacial score (nSPS) is 12.3. The first-order chi connectivity index (χ1) is 32.3. The van der Waals surface area contributed by atoms with Gasteiger partial charge in [-0.3, -0.25) is 0 Å². The molecule has 0 fully saturated rings. The van der Waals surface area contributed by atoms with Gasteiger partial charge >= 0.3 is 0 Å². The summed E-state index contributed by atoms with van der Waals surface area (Å²) in [6.07, 6.45) is 0. The second-order valence-electron chi connectivity index (χ2n) is 17.2. The summed E-state index contributed by atoms with van der Waals surface area (Å²) in [5.41, 5.74) is 14.1. The van der Waals surface area contributed by atoms with E-state index >= 15 is 0 Å². The summed E-state index contributed by atoms with van der Waals surface area (Å²) in [6, 6.07) is 80.6. The van der Waals surface area contributed by atoms with E-state index in [1.54, 1.807) is 0 Å². The number of hydrogen-bond donors (Lipinski definition) is 0. The summed E-state index contributed by atoms with van der Waals surface area (Å²) < 4.78 is 12.7. The lowest BCUT2D eigenvalue weighted by atomic mass is 10.1. The van der Waals surface area contributed by atoms with Crippen molar-refractivity contribution in [2.45, 2.75) is 0 Å². The molecule has 65 heavy (non-hydrogen) atoms. The van der Waals surface area contributed by atoms with Gasteiger partial charge in [-0.15, -0.1) is 11.3 Å². The highest BCUT2D eigenvalue weighted by atomic mass is 32.1. The Labute approximate surface area is 376 Å². The van der Waals surface area contributed by atoms with Crippen molar-refractivity contribution in [2.24, 2.45) is 0 Å². The number of aromatic nitrogens is 4. The van der Waals surface area contributed by atoms with Crippen LogP contribution in [0.25, 0.3) is 130 Å². The first-order valence-electron chi connectivity index (χ1n) is 22.3. The van der Waals surface area contributed by atoms with Gasteiger partial charge in [0.25, 0.3) is 0 Å². The van der Waals surface area contributed by atoms with Gasteiger partial charge in [0, 0.05) is 64.2 Å². The van der Waals surface area contributed by atoms with Crippen LogP contribution in [0.2, 0.25) is 0 Å². The Kier molecular flexibility index (Phi) is 7.07. The zero-order valence-electron chi connectivity index (χ0n) is 35.0. The van der Waals surface area contributed by atoms with Gasteiger partial charge in [0.15, 0.2) is 0 Å². The molecule has 302 valence electrons. The molecule has 5 aromatic heterocycles. The first-order valence-corrected chi connectivity index (χ1v) is 23.1. The number of benzene rings is 10. The largest absolute Gasteiger partial charge is 0.308 e. The zero-order valence-corrected chi connectivity index (χ0v) is 35.8. The van der Waals surface area contributed by atoms with Gasteiger partial charge in [-0.25, -0.2) is 0 Å². The lowest BCUT2D eigenvalue weighted by molar-refractivity contribution is 1.09. The molecule has 0 saturated carbocycles. The number of nitrogens with zero attached hydrogens (tertiary/aromatic N) is 4. The minimum absolute atomic E-state index is 1.12. The van der Waals surface area contributed by atoms with Crippen LogP contribution in [-0.4, -0.2) is 18.3 Å². The number of thiophene rings is 1. The molecule has 0 saturated heterocycles. The van der Waals surface area contributed by atoms with Gasteiger partial charge < -0.3 is 18.3 Å². The summed E-state index contributed by atoms with van der Waals surface area (Å²) in [6.45, 7) is 0. The van der Waals surface area contributed by atoms with Crippen molar-refractivity contribution in [1.29, 1.82) is 0 Å². The zero-order chi connectivity index (χ0) is 42.3. The van der Waals surface area contributed by atoms with Crippen molar-refractivity contribution in [3.05, 3.63) is 218 Å². The molecule has 5 heterocycles. The maximum absolute atomic E-state index is 2.54. The average molecular weight is 845 g/mol. The summed E-state index contributed by atoms with van der Waals surface area (Å²) in [4.78, 5) is 0. The molecule has 0 unspecified atom stereocenters. The maximum atomic E-state index is 2.54. The quantitative estimate of drug-likeness (QED) is 0.168. The third-order valence-electron chi connectivity index (χ3n) is 13.9. The molecule has 5 heteroatoms. The fourth-order valence-electron chi connectivity index (χ4n) is 11.4. The van der Waals surface area contributed by atoms with Crippen LogP contribution >= 0.6 is 11.3 Å². The Bertz CT molecular complexity index is 4480. The lowest BCUT2D eigenvalue weighted by Crippen LogP contribution is -2.04. The van der Waals surface area contributed by atoms with E-state index in [-0.39, 0.29) is 0 Å². The number of hydrogen-bond acceptors (Lipinski definition) is 1. The van der Waals surface area contributed by atoms with Crippen LogP contribution in [-0.2, 0) is 0 Å². The van der Waals surface area contributed by atoms with E-state index < -0.39 is 0 Å². The summed E-state index contributed by atoms with van der Waals surface area (Å²) in [5, 5.41) is 12.6. The third kappa shape index (κ3) is 4.64. The van der Waals surface area contributed by atoms with Crippen molar-refractivity contribution in [3.63, 3.8) is 0 Å². The van der Waals surface area contributed by atoms with Gasteiger partial charge in [0.2, 0.25) is 0 Å². The summed E-state index contributed by atoms with van der Waals surface area (Å²) in [5.74, 6) is 0. The second kappa shape index (κ2) is 13.1.